The Bertz CT molecular complexity index is 732. The molecule has 3 heterocycles. The molecular weight excluding hydrogens is 280 g/mol. The highest BCUT2D eigenvalue weighted by atomic mass is 16.5. The van der Waals surface area contributed by atoms with E-state index >= 15 is 0 Å². The Hall–Kier alpha value is -3.04. The van der Waals surface area contributed by atoms with Gasteiger partial charge in [-0.3, -0.25) is 0 Å². The summed E-state index contributed by atoms with van der Waals surface area (Å²) in [6.07, 6.45) is 1.50. The third kappa shape index (κ3) is 2.63. The van der Waals surface area contributed by atoms with Gasteiger partial charge >= 0.3 is 5.97 Å². The highest BCUT2D eigenvalue weighted by molar-refractivity contribution is 5.85. The molecule has 0 radical (unpaired) electrons. The normalized spacial score (nSPS) is 10.7. The molecule has 3 aromatic rings. The molecular formula is C11H10N6O4. The van der Waals surface area contributed by atoms with E-state index in [2.05, 4.69) is 25.7 Å². The third-order valence-electron chi connectivity index (χ3n) is 2.48. The van der Waals surface area contributed by atoms with E-state index in [-0.39, 0.29) is 24.9 Å². The van der Waals surface area contributed by atoms with Gasteiger partial charge in [-0.15, -0.1) is 5.10 Å². The number of hydrogen-bond donors (Lipinski definition) is 0. The molecule has 0 aliphatic carbocycles. The molecule has 0 fully saturated rings. The zero-order valence-corrected chi connectivity index (χ0v) is 11.0. The Morgan fingerprint density at radius 1 is 1.48 bits per heavy atom. The number of nitrogens with zero attached hydrogens (tertiary/aromatic N) is 6. The largest absolute Gasteiger partial charge is 0.460 e. The molecule has 0 saturated carbocycles. The standard InChI is InChI=1S/C11H10N6O4/c1-2-19-11(18)9-13-15-16-17(9)6-8-12-10(21-14-8)7-4-3-5-20-7/h3-5H,2,6H2,1H3. The first-order valence-corrected chi connectivity index (χ1v) is 6.07. The van der Waals surface area contributed by atoms with Crippen molar-refractivity contribution in [2.45, 2.75) is 13.5 Å². The smallest absolute Gasteiger partial charge is 0.378 e. The first kappa shape index (κ1) is 13.0. The van der Waals surface area contributed by atoms with Crippen LogP contribution in [0, 0.1) is 0 Å². The SMILES string of the molecule is CCOC(=O)c1nnnn1Cc1noc(-c2ccco2)n1. The average molecular weight is 290 g/mol. The van der Waals surface area contributed by atoms with Crippen LogP contribution >= 0.6 is 0 Å². The van der Waals surface area contributed by atoms with Crippen LogP contribution in [0.4, 0.5) is 0 Å². The van der Waals surface area contributed by atoms with Crippen molar-refractivity contribution in [3.05, 3.63) is 30.0 Å². The van der Waals surface area contributed by atoms with Gasteiger partial charge in [-0.25, -0.2) is 9.48 Å². The minimum Gasteiger partial charge on any atom is -0.460 e. The molecule has 0 N–H and O–H groups in total. The number of carbonyl (C=O) groups excluding carboxylic acids is 1. The molecule has 0 bridgehead atoms. The van der Waals surface area contributed by atoms with Gasteiger partial charge in [0.2, 0.25) is 0 Å². The lowest BCUT2D eigenvalue weighted by atomic mass is 10.4. The molecule has 0 unspecified atom stereocenters. The summed E-state index contributed by atoms with van der Waals surface area (Å²) in [4.78, 5) is 15.8. The number of furan rings is 1. The van der Waals surface area contributed by atoms with Crippen LogP contribution < -0.4 is 0 Å². The van der Waals surface area contributed by atoms with Crippen LogP contribution in [-0.4, -0.2) is 42.9 Å². The maximum absolute atomic E-state index is 11.6. The fourth-order valence-electron chi connectivity index (χ4n) is 1.61. The summed E-state index contributed by atoms with van der Waals surface area (Å²) in [6.45, 7) is 2.00. The van der Waals surface area contributed by atoms with Crippen LogP contribution in [0.3, 0.4) is 0 Å². The second kappa shape index (κ2) is 5.53. The van der Waals surface area contributed by atoms with E-state index in [1.807, 2.05) is 0 Å². The highest BCUT2D eigenvalue weighted by Gasteiger charge is 2.19. The Balaban J connectivity index is 1.79. The van der Waals surface area contributed by atoms with Gasteiger partial charge in [0.25, 0.3) is 11.7 Å². The second-order valence-electron chi connectivity index (χ2n) is 3.87. The number of hydrogen-bond acceptors (Lipinski definition) is 9. The van der Waals surface area contributed by atoms with Crippen LogP contribution in [0.1, 0.15) is 23.4 Å². The van der Waals surface area contributed by atoms with E-state index in [9.17, 15) is 4.79 Å². The van der Waals surface area contributed by atoms with Gasteiger partial charge < -0.3 is 13.7 Å². The van der Waals surface area contributed by atoms with Gasteiger partial charge in [-0.05, 0) is 29.5 Å². The monoisotopic (exact) mass is 290 g/mol. The van der Waals surface area contributed by atoms with Crippen LogP contribution in [0.2, 0.25) is 0 Å². The minimum atomic E-state index is -0.614. The van der Waals surface area contributed by atoms with E-state index in [0.29, 0.717) is 11.6 Å². The third-order valence-corrected chi connectivity index (χ3v) is 2.48. The van der Waals surface area contributed by atoms with Crippen molar-refractivity contribution in [2.24, 2.45) is 0 Å². The Labute approximate surface area is 117 Å². The summed E-state index contributed by atoms with van der Waals surface area (Å²) >= 11 is 0. The van der Waals surface area contributed by atoms with Crippen LogP contribution in [0.25, 0.3) is 11.7 Å². The maximum atomic E-state index is 11.6. The lowest BCUT2D eigenvalue weighted by Gasteiger charge is -2.00. The summed E-state index contributed by atoms with van der Waals surface area (Å²) < 4.78 is 16.3. The summed E-state index contributed by atoms with van der Waals surface area (Å²) in [5.41, 5.74) is 0. The lowest BCUT2D eigenvalue weighted by Crippen LogP contribution is -2.15. The summed E-state index contributed by atoms with van der Waals surface area (Å²) in [6, 6.07) is 3.40. The van der Waals surface area contributed by atoms with Crippen molar-refractivity contribution in [1.29, 1.82) is 0 Å². The number of esters is 1. The molecule has 0 aromatic carbocycles. The predicted molar refractivity (Wildman–Crippen MR) is 64.9 cm³/mol. The fourth-order valence-corrected chi connectivity index (χ4v) is 1.61. The average Bonchev–Trinajstić information content (AvgIpc) is 3.20. The number of carbonyl (C=O) groups is 1. The topological polar surface area (TPSA) is 122 Å². The van der Waals surface area contributed by atoms with Gasteiger partial charge in [0.05, 0.1) is 12.9 Å². The predicted octanol–water partition coefficient (Wildman–Crippen LogP) is 0.541. The van der Waals surface area contributed by atoms with Crippen LogP contribution in [0.5, 0.6) is 0 Å². The zero-order chi connectivity index (χ0) is 14.7. The molecule has 21 heavy (non-hydrogen) atoms. The summed E-state index contributed by atoms with van der Waals surface area (Å²) in [5, 5.41) is 14.5. The van der Waals surface area contributed by atoms with Crippen LogP contribution in [0.15, 0.2) is 27.3 Å². The Morgan fingerprint density at radius 2 is 2.38 bits per heavy atom. The second-order valence-corrected chi connectivity index (χ2v) is 3.87. The van der Waals surface area contributed by atoms with Crippen molar-refractivity contribution in [2.75, 3.05) is 6.61 Å². The number of rotatable bonds is 5. The van der Waals surface area contributed by atoms with Gasteiger partial charge in [0, 0.05) is 0 Å². The number of tetrazole rings is 1. The maximum Gasteiger partial charge on any atom is 0.378 e. The van der Waals surface area contributed by atoms with E-state index in [4.69, 9.17) is 13.7 Å². The van der Waals surface area contributed by atoms with Gasteiger partial charge in [-0.1, -0.05) is 5.16 Å². The number of ether oxygens (including phenoxy) is 1. The molecule has 0 aliphatic heterocycles. The molecule has 0 amide bonds. The molecule has 3 rings (SSSR count). The van der Waals surface area contributed by atoms with Crippen molar-refractivity contribution >= 4 is 5.97 Å². The zero-order valence-electron chi connectivity index (χ0n) is 11.0. The summed E-state index contributed by atoms with van der Waals surface area (Å²) in [5.74, 6) is 0.356. The van der Waals surface area contributed by atoms with Crippen molar-refractivity contribution < 1.29 is 18.5 Å². The first-order chi connectivity index (χ1) is 10.3. The van der Waals surface area contributed by atoms with Crippen molar-refractivity contribution in [3.8, 4) is 11.7 Å². The van der Waals surface area contributed by atoms with E-state index in [0.717, 1.165) is 0 Å². The molecule has 3 aromatic heterocycles. The molecule has 10 heteroatoms. The van der Waals surface area contributed by atoms with E-state index in [1.54, 1.807) is 19.1 Å². The van der Waals surface area contributed by atoms with E-state index < -0.39 is 5.97 Å². The highest BCUT2D eigenvalue weighted by Crippen LogP contribution is 2.17. The minimum absolute atomic E-state index is 0.0267. The molecule has 0 spiro atoms. The Morgan fingerprint density at radius 3 is 3.14 bits per heavy atom. The molecule has 10 nitrogen and oxygen atoms in total. The fraction of sp³-hybridized carbons (Fsp3) is 0.273. The van der Waals surface area contributed by atoms with Gasteiger partial charge in [0.1, 0.15) is 6.54 Å². The molecule has 0 aliphatic rings. The first-order valence-electron chi connectivity index (χ1n) is 6.07. The van der Waals surface area contributed by atoms with Crippen molar-refractivity contribution in [1.82, 2.24) is 30.3 Å². The van der Waals surface area contributed by atoms with Crippen LogP contribution in [-0.2, 0) is 11.3 Å². The van der Waals surface area contributed by atoms with Gasteiger partial charge in [-0.2, -0.15) is 4.98 Å². The van der Waals surface area contributed by atoms with Gasteiger partial charge in [0.15, 0.2) is 11.6 Å². The van der Waals surface area contributed by atoms with Crippen molar-refractivity contribution in [3.63, 3.8) is 0 Å². The van der Waals surface area contributed by atoms with E-state index in [1.165, 1.54) is 10.9 Å². The lowest BCUT2D eigenvalue weighted by molar-refractivity contribution is 0.0505. The molecule has 0 atom stereocenters. The quantitative estimate of drug-likeness (QED) is 0.619. The molecule has 108 valence electrons. The summed E-state index contributed by atoms with van der Waals surface area (Å²) in [7, 11) is 0. The Kier molecular flexibility index (Phi) is 3.41. The number of aromatic nitrogens is 6. The molecule has 0 saturated heterocycles.